The highest BCUT2D eigenvalue weighted by Gasteiger charge is 2.41. The number of benzene rings is 2. The Morgan fingerprint density at radius 3 is 2.94 bits per heavy atom. The van der Waals surface area contributed by atoms with Crippen LogP contribution in [0.25, 0.3) is 11.3 Å². The molecule has 0 radical (unpaired) electrons. The number of aromatic nitrogens is 2. The van der Waals surface area contributed by atoms with Crippen LogP contribution in [-0.2, 0) is 6.42 Å². The molecule has 0 spiro atoms. The van der Waals surface area contributed by atoms with E-state index in [2.05, 4.69) is 57.3 Å². The molecular weight excluding hydrogens is 400 g/mol. The molecule has 1 fully saturated rings. The van der Waals surface area contributed by atoms with Gasteiger partial charge in [0.05, 0.1) is 36.5 Å². The molecule has 0 amide bonds. The van der Waals surface area contributed by atoms with Crippen LogP contribution in [-0.4, -0.2) is 38.9 Å². The van der Waals surface area contributed by atoms with E-state index < -0.39 is 11.6 Å². The van der Waals surface area contributed by atoms with E-state index in [0.29, 0.717) is 6.42 Å². The van der Waals surface area contributed by atoms with Crippen LogP contribution in [0.3, 0.4) is 0 Å². The van der Waals surface area contributed by atoms with Crippen molar-refractivity contribution in [2.75, 3.05) is 11.9 Å². The number of aliphatic hydroxyl groups is 1. The lowest BCUT2D eigenvalue weighted by molar-refractivity contribution is 0.0193. The summed E-state index contributed by atoms with van der Waals surface area (Å²) in [6.07, 6.45) is 8.24. The molecule has 1 saturated carbocycles. The Bertz CT molecular complexity index is 1130. The molecule has 2 aromatic carbocycles. The number of hydrogen-bond acceptors (Lipinski definition) is 5. The first-order valence-corrected chi connectivity index (χ1v) is 11.7. The third-order valence-corrected chi connectivity index (χ3v) is 7.66. The molecule has 3 aromatic rings. The fraction of sp³-hybridized carbons (Fsp3) is 0.423. The summed E-state index contributed by atoms with van der Waals surface area (Å²) in [5.41, 5.74) is 12.3. The van der Waals surface area contributed by atoms with Crippen molar-refractivity contribution < 1.29 is 9.84 Å². The van der Waals surface area contributed by atoms with Crippen molar-refractivity contribution in [3.8, 4) is 17.0 Å². The molecule has 6 heteroatoms. The van der Waals surface area contributed by atoms with E-state index in [0.717, 1.165) is 50.1 Å². The molecule has 3 aliphatic rings. The average molecular weight is 431 g/mol. The molecule has 166 valence electrons. The van der Waals surface area contributed by atoms with Gasteiger partial charge in [-0.2, -0.15) is 0 Å². The second kappa shape index (κ2) is 7.64. The number of nitrogens with one attached hydrogen (secondary N) is 1. The Morgan fingerprint density at radius 1 is 1.22 bits per heavy atom. The fourth-order valence-electron chi connectivity index (χ4n) is 5.75. The molecule has 6 nitrogen and oxygen atoms in total. The van der Waals surface area contributed by atoms with Crippen molar-refractivity contribution in [2.45, 2.75) is 62.3 Å². The molecule has 2 aliphatic heterocycles. The van der Waals surface area contributed by atoms with Crippen molar-refractivity contribution in [3.05, 3.63) is 66.1 Å². The van der Waals surface area contributed by atoms with Crippen molar-refractivity contribution in [2.24, 2.45) is 5.73 Å². The number of fused-ring (bicyclic) bond motifs is 4. The van der Waals surface area contributed by atoms with Crippen LogP contribution in [0.4, 0.5) is 5.69 Å². The Hall–Kier alpha value is -2.83. The summed E-state index contributed by atoms with van der Waals surface area (Å²) >= 11 is 0. The normalized spacial score (nSPS) is 26.7. The highest BCUT2D eigenvalue weighted by atomic mass is 16.5. The van der Waals surface area contributed by atoms with Crippen LogP contribution in [0.2, 0.25) is 0 Å². The standard InChI is InChI=1S/C26H30N4O2/c27-26(10-7-18(8-11-26)32-19-5-6-22-17(13-19)9-12-29-22)25(31)14-23-20-3-1-2-4-21(20)24-15-28-16-30(23)24/h1-6,13,15-16,18,23,25,29,31H,7-12,14,27H2/t18?,23?,25-,26?/m0/s1. The van der Waals surface area contributed by atoms with Gasteiger partial charge in [0.1, 0.15) is 5.75 Å². The molecule has 2 atom stereocenters. The van der Waals surface area contributed by atoms with E-state index in [9.17, 15) is 5.11 Å². The van der Waals surface area contributed by atoms with Crippen LogP contribution in [0.5, 0.6) is 5.75 Å². The largest absolute Gasteiger partial charge is 0.490 e. The molecule has 3 heterocycles. The third kappa shape index (κ3) is 3.29. The van der Waals surface area contributed by atoms with Gasteiger partial charge >= 0.3 is 0 Å². The molecule has 0 bridgehead atoms. The van der Waals surface area contributed by atoms with Crippen molar-refractivity contribution in [3.63, 3.8) is 0 Å². The second-order valence-electron chi connectivity index (χ2n) is 9.59. The fourth-order valence-corrected chi connectivity index (χ4v) is 5.75. The maximum absolute atomic E-state index is 11.3. The minimum absolute atomic E-state index is 0.0770. The number of rotatable bonds is 5. The summed E-state index contributed by atoms with van der Waals surface area (Å²) in [6, 6.07) is 14.8. The average Bonchev–Trinajstić information content (AvgIpc) is 3.53. The van der Waals surface area contributed by atoms with Crippen LogP contribution >= 0.6 is 0 Å². The van der Waals surface area contributed by atoms with Crippen molar-refractivity contribution in [1.29, 1.82) is 0 Å². The maximum atomic E-state index is 11.3. The minimum atomic E-state index is -0.583. The van der Waals surface area contributed by atoms with Gasteiger partial charge in [-0.3, -0.25) is 0 Å². The highest BCUT2D eigenvalue weighted by molar-refractivity contribution is 5.69. The zero-order valence-electron chi connectivity index (χ0n) is 18.2. The molecule has 1 aliphatic carbocycles. The van der Waals surface area contributed by atoms with E-state index in [1.54, 1.807) is 0 Å². The van der Waals surface area contributed by atoms with Crippen LogP contribution in [0.1, 0.15) is 49.3 Å². The van der Waals surface area contributed by atoms with E-state index >= 15 is 0 Å². The topological polar surface area (TPSA) is 85.3 Å². The van der Waals surface area contributed by atoms with Crippen LogP contribution in [0, 0.1) is 0 Å². The summed E-state index contributed by atoms with van der Waals surface area (Å²) in [6.45, 7) is 1.00. The number of nitrogens with two attached hydrogens (primary N) is 1. The summed E-state index contributed by atoms with van der Waals surface area (Å²) in [5.74, 6) is 0.942. The zero-order chi connectivity index (χ0) is 21.7. The number of nitrogens with zero attached hydrogens (tertiary/aromatic N) is 2. The van der Waals surface area contributed by atoms with E-state index in [1.165, 1.54) is 22.4 Å². The van der Waals surface area contributed by atoms with E-state index in [4.69, 9.17) is 10.5 Å². The van der Waals surface area contributed by atoms with Crippen molar-refractivity contribution >= 4 is 5.69 Å². The minimum Gasteiger partial charge on any atom is -0.490 e. The van der Waals surface area contributed by atoms with E-state index in [1.807, 2.05) is 12.5 Å². The number of hydrogen-bond donors (Lipinski definition) is 3. The number of aliphatic hydroxyl groups excluding tert-OH is 1. The summed E-state index contributed by atoms with van der Waals surface area (Å²) in [7, 11) is 0. The van der Waals surface area contributed by atoms with Gasteiger partial charge in [0, 0.05) is 29.8 Å². The SMILES string of the molecule is NC1([C@@H](O)CC2c3ccccc3-c3cncn32)CCC(Oc2ccc3c(c2)CCN3)CC1. The lowest BCUT2D eigenvalue weighted by Crippen LogP contribution is -2.54. The molecule has 4 N–H and O–H groups in total. The predicted octanol–water partition coefficient (Wildman–Crippen LogP) is 3.89. The Morgan fingerprint density at radius 2 is 2.06 bits per heavy atom. The molecule has 6 rings (SSSR count). The lowest BCUT2D eigenvalue weighted by atomic mass is 9.75. The van der Waals surface area contributed by atoms with Crippen LogP contribution < -0.4 is 15.8 Å². The Labute approximate surface area is 188 Å². The van der Waals surface area contributed by atoms with Gasteiger partial charge in [0.15, 0.2) is 0 Å². The maximum Gasteiger partial charge on any atom is 0.120 e. The summed E-state index contributed by atoms with van der Waals surface area (Å²) in [4.78, 5) is 4.33. The van der Waals surface area contributed by atoms with Gasteiger partial charge in [0.25, 0.3) is 0 Å². The Kier molecular flexibility index (Phi) is 4.73. The van der Waals surface area contributed by atoms with Gasteiger partial charge in [-0.25, -0.2) is 4.98 Å². The van der Waals surface area contributed by atoms with Crippen LogP contribution in [0.15, 0.2) is 55.0 Å². The molecular formula is C26H30N4O2. The molecule has 1 aromatic heterocycles. The first-order chi connectivity index (χ1) is 15.6. The molecule has 0 saturated heterocycles. The monoisotopic (exact) mass is 430 g/mol. The predicted molar refractivity (Wildman–Crippen MR) is 125 cm³/mol. The molecule has 1 unspecified atom stereocenters. The zero-order valence-corrected chi connectivity index (χ0v) is 18.2. The van der Waals surface area contributed by atoms with Crippen molar-refractivity contribution in [1.82, 2.24) is 9.55 Å². The van der Waals surface area contributed by atoms with E-state index in [-0.39, 0.29) is 12.1 Å². The van der Waals surface area contributed by atoms with Gasteiger partial charge in [-0.1, -0.05) is 24.3 Å². The summed E-state index contributed by atoms with van der Waals surface area (Å²) < 4.78 is 8.47. The quantitative estimate of drug-likeness (QED) is 0.572. The summed E-state index contributed by atoms with van der Waals surface area (Å²) in [5, 5.41) is 14.6. The highest BCUT2D eigenvalue weighted by Crippen LogP contribution is 2.43. The van der Waals surface area contributed by atoms with Gasteiger partial charge in [-0.15, -0.1) is 0 Å². The first-order valence-electron chi connectivity index (χ1n) is 11.7. The smallest absolute Gasteiger partial charge is 0.120 e. The van der Waals surface area contributed by atoms with Gasteiger partial charge < -0.3 is 25.5 Å². The number of ether oxygens (including phenoxy) is 1. The molecule has 32 heavy (non-hydrogen) atoms. The lowest BCUT2D eigenvalue weighted by Gasteiger charge is -2.41. The number of imidazole rings is 1. The first kappa shape index (κ1) is 19.8. The van der Waals surface area contributed by atoms with Gasteiger partial charge in [0.2, 0.25) is 0 Å². The Balaban J connectivity index is 1.11. The third-order valence-electron chi connectivity index (χ3n) is 7.66. The number of anilines is 1. The second-order valence-corrected chi connectivity index (χ2v) is 9.59. The van der Waals surface area contributed by atoms with Gasteiger partial charge in [-0.05, 0) is 61.4 Å².